The lowest BCUT2D eigenvalue weighted by molar-refractivity contribution is -0.288. The van der Waals surface area contributed by atoms with Gasteiger partial charge in [0.25, 0.3) is 0 Å². The summed E-state index contributed by atoms with van der Waals surface area (Å²) in [5.41, 5.74) is 3.44. The van der Waals surface area contributed by atoms with Crippen molar-refractivity contribution in [3.05, 3.63) is 17.7 Å². The summed E-state index contributed by atoms with van der Waals surface area (Å²) in [5, 5.41) is 0. The van der Waals surface area contributed by atoms with Crippen molar-refractivity contribution < 1.29 is 53.7 Å². The lowest BCUT2D eigenvalue weighted by Gasteiger charge is -2.31. The van der Waals surface area contributed by atoms with Crippen molar-refractivity contribution in [3.8, 4) is 17.2 Å². The third-order valence-corrected chi connectivity index (χ3v) is 3.03. The lowest BCUT2D eigenvalue weighted by Crippen LogP contribution is -2.30. The standard InChI is InChI=1S/C14H14F9NO3/c1-11(2,3)10(24)8-6(25-12(15,16)17)4-5-7(26-13(18,19)20)9(8)27-14(21,22)23/h4-5,10H,24H2,1-3H3. The van der Waals surface area contributed by atoms with E-state index in [4.69, 9.17) is 5.73 Å². The molecule has 1 aromatic carbocycles. The van der Waals surface area contributed by atoms with Gasteiger partial charge in [0.05, 0.1) is 5.56 Å². The van der Waals surface area contributed by atoms with Crippen LogP contribution >= 0.6 is 0 Å². The normalized spacial score (nSPS) is 14.7. The molecule has 0 saturated heterocycles. The van der Waals surface area contributed by atoms with Crippen molar-refractivity contribution in [1.29, 1.82) is 0 Å². The molecule has 0 radical (unpaired) electrons. The summed E-state index contributed by atoms with van der Waals surface area (Å²) in [5.74, 6) is -4.45. The predicted octanol–water partition coefficient (Wildman–Crippen LogP) is 5.43. The maximum Gasteiger partial charge on any atom is 0.573 e. The highest BCUT2D eigenvalue weighted by molar-refractivity contribution is 5.56. The van der Waals surface area contributed by atoms with E-state index in [9.17, 15) is 39.5 Å². The lowest BCUT2D eigenvalue weighted by atomic mass is 9.82. The first-order valence-electron chi connectivity index (χ1n) is 7.00. The number of hydrogen-bond donors (Lipinski definition) is 1. The van der Waals surface area contributed by atoms with Crippen LogP contribution < -0.4 is 19.9 Å². The van der Waals surface area contributed by atoms with E-state index >= 15 is 0 Å². The molecule has 1 unspecified atom stereocenters. The van der Waals surface area contributed by atoms with Gasteiger partial charge in [0.2, 0.25) is 0 Å². The summed E-state index contributed by atoms with van der Waals surface area (Å²) < 4.78 is 124. The van der Waals surface area contributed by atoms with Crippen molar-refractivity contribution in [2.24, 2.45) is 11.1 Å². The molecule has 0 aromatic heterocycles. The molecule has 1 aromatic rings. The molecule has 0 fully saturated rings. The van der Waals surface area contributed by atoms with Crippen LogP contribution in [0.2, 0.25) is 0 Å². The third-order valence-electron chi connectivity index (χ3n) is 3.03. The minimum Gasteiger partial charge on any atom is -0.405 e. The molecule has 0 saturated carbocycles. The first-order valence-corrected chi connectivity index (χ1v) is 7.00. The summed E-state index contributed by atoms with van der Waals surface area (Å²) in [7, 11) is 0. The number of hydrogen-bond acceptors (Lipinski definition) is 4. The van der Waals surface area contributed by atoms with Gasteiger partial charge in [-0.1, -0.05) is 20.8 Å². The zero-order valence-corrected chi connectivity index (χ0v) is 13.9. The van der Waals surface area contributed by atoms with Crippen LogP contribution in [0.25, 0.3) is 0 Å². The van der Waals surface area contributed by atoms with Crippen molar-refractivity contribution in [1.82, 2.24) is 0 Å². The van der Waals surface area contributed by atoms with Crippen LogP contribution in [0.4, 0.5) is 39.5 Å². The van der Waals surface area contributed by atoms with Gasteiger partial charge in [-0.2, -0.15) is 0 Å². The molecule has 156 valence electrons. The van der Waals surface area contributed by atoms with E-state index in [-0.39, 0.29) is 6.07 Å². The third kappa shape index (κ3) is 7.23. The number of ether oxygens (including phenoxy) is 3. The molecule has 1 atom stereocenters. The molecule has 0 aliphatic heterocycles. The monoisotopic (exact) mass is 415 g/mol. The largest absolute Gasteiger partial charge is 0.573 e. The van der Waals surface area contributed by atoms with Gasteiger partial charge in [0, 0.05) is 6.04 Å². The maximum atomic E-state index is 12.7. The van der Waals surface area contributed by atoms with Crippen LogP contribution in [0, 0.1) is 5.41 Å². The van der Waals surface area contributed by atoms with E-state index in [1.54, 1.807) is 0 Å². The number of benzene rings is 1. The summed E-state index contributed by atoms with van der Waals surface area (Å²) in [6.45, 7) is 4.01. The Morgan fingerprint density at radius 2 is 1.07 bits per heavy atom. The Morgan fingerprint density at radius 3 is 1.44 bits per heavy atom. The minimum absolute atomic E-state index is 0.203. The average molecular weight is 415 g/mol. The van der Waals surface area contributed by atoms with Crippen LogP contribution in [-0.2, 0) is 0 Å². The molecule has 27 heavy (non-hydrogen) atoms. The SMILES string of the molecule is CC(C)(C)C(N)c1c(OC(F)(F)F)ccc(OC(F)(F)F)c1OC(F)(F)F. The van der Waals surface area contributed by atoms with Crippen molar-refractivity contribution in [3.63, 3.8) is 0 Å². The average Bonchev–Trinajstić information content (AvgIpc) is 2.35. The van der Waals surface area contributed by atoms with E-state index in [2.05, 4.69) is 14.2 Å². The van der Waals surface area contributed by atoms with E-state index in [0.717, 1.165) is 0 Å². The highest BCUT2D eigenvalue weighted by atomic mass is 19.4. The number of alkyl halides is 9. The maximum absolute atomic E-state index is 12.7. The number of nitrogens with two attached hydrogens (primary N) is 1. The minimum atomic E-state index is -5.55. The molecule has 1 rings (SSSR count). The van der Waals surface area contributed by atoms with Crippen molar-refractivity contribution >= 4 is 0 Å². The van der Waals surface area contributed by atoms with Gasteiger partial charge in [-0.05, 0) is 17.5 Å². The second-order valence-corrected chi connectivity index (χ2v) is 6.29. The fraction of sp³-hybridized carbons (Fsp3) is 0.571. The molecular formula is C14H14F9NO3. The van der Waals surface area contributed by atoms with E-state index in [0.29, 0.717) is 6.07 Å². The summed E-state index contributed by atoms with van der Waals surface area (Å²) >= 11 is 0. The molecule has 4 nitrogen and oxygen atoms in total. The van der Waals surface area contributed by atoms with Gasteiger partial charge in [-0.15, -0.1) is 39.5 Å². The van der Waals surface area contributed by atoms with Crippen LogP contribution in [0.15, 0.2) is 12.1 Å². The van der Waals surface area contributed by atoms with Crippen LogP contribution in [0.5, 0.6) is 17.2 Å². The molecule has 0 bridgehead atoms. The Morgan fingerprint density at radius 1 is 0.704 bits per heavy atom. The topological polar surface area (TPSA) is 53.7 Å². The molecular weight excluding hydrogens is 401 g/mol. The summed E-state index contributed by atoms with van der Waals surface area (Å²) in [6, 6.07) is -1.09. The fourth-order valence-electron chi connectivity index (χ4n) is 1.93. The zero-order valence-electron chi connectivity index (χ0n) is 13.9. The van der Waals surface area contributed by atoms with Crippen molar-refractivity contribution in [2.75, 3.05) is 0 Å². The summed E-state index contributed by atoms with van der Waals surface area (Å²) in [6.07, 6.45) is -16.3. The van der Waals surface area contributed by atoms with Gasteiger partial charge < -0.3 is 19.9 Å². The van der Waals surface area contributed by atoms with E-state index in [1.165, 1.54) is 20.8 Å². The zero-order chi connectivity index (χ0) is 21.4. The molecule has 0 heterocycles. The van der Waals surface area contributed by atoms with Crippen LogP contribution in [0.3, 0.4) is 0 Å². The van der Waals surface area contributed by atoms with Crippen LogP contribution in [0.1, 0.15) is 32.4 Å². The first kappa shape index (κ1) is 23.0. The highest BCUT2D eigenvalue weighted by Gasteiger charge is 2.42. The Balaban J connectivity index is 3.76. The molecule has 0 aliphatic carbocycles. The van der Waals surface area contributed by atoms with Crippen molar-refractivity contribution in [2.45, 2.75) is 45.9 Å². The Hall–Kier alpha value is -2.05. The van der Waals surface area contributed by atoms with E-state index in [1.807, 2.05) is 0 Å². The fourth-order valence-corrected chi connectivity index (χ4v) is 1.93. The van der Waals surface area contributed by atoms with E-state index < -0.39 is 53.4 Å². The van der Waals surface area contributed by atoms with Gasteiger partial charge in [-0.25, -0.2) is 0 Å². The van der Waals surface area contributed by atoms with Gasteiger partial charge in [0.1, 0.15) is 5.75 Å². The van der Waals surface area contributed by atoms with Gasteiger partial charge >= 0.3 is 19.1 Å². The molecule has 0 spiro atoms. The number of halogens is 9. The first-order chi connectivity index (χ1) is 11.8. The Bertz CT molecular complexity index is 660. The molecule has 0 amide bonds. The number of rotatable bonds is 4. The molecule has 13 heteroatoms. The Kier molecular flexibility index (Phi) is 6.10. The van der Waals surface area contributed by atoms with Gasteiger partial charge in [0.15, 0.2) is 11.5 Å². The smallest absolute Gasteiger partial charge is 0.405 e. The van der Waals surface area contributed by atoms with Crippen LogP contribution in [-0.4, -0.2) is 19.1 Å². The summed E-state index contributed by atoms with van der Waals surface area (Å²) in [4.78, 5) is 0. The van der Waals surface area contributed by atoms with Gasteiger partial charge in [-0.3, -0.25) is 0 Å². The second kappa shape index (κ2) is 7.17. The quantitative estimate of drug-likeness (QED) is 0.667. The molecule has 2 N–H and O–H groups in total. The predicted molar refractivity (Wildman–Crippen MR) is 72.9 cm³/mol. The second-order valence-electron chi connectivity index (χ2n) is 6.29. The Labute approximate surface area is 147 Å². The highest BCUT2D eigenvalue weighted by Crippen LogP contribution is 2.49. The molecule has 0 aliphatic rings.